The van der Waals surface area contributed by atoms with E-state index in [1.54, 1.807) is 0 Å². The zero-order valence-electron chi connectivity index (χ0n) is 18.9. The Labute approximate surface area is 198 Å². The van der Waals surface area contributed by atoms with Crippen molar-refractivity contribution in [1.29, 1.82) is 0 Å². The maximum absolute atomic E-state index is 12.7. The first-order chi connectivity index (χ1) is 16.0. The Hall–Kier alpha value is -3.00. The van der Waals surface area contributed by atoms with Gasteiger partial charge in [0.25, 0.3) is 0 Å². The van der Waals surface area contributed by atoms with Crippen LogP contribution in [0.5, 0.6) is 0 Å². The summed E-state index contributed by atoms with van der Waals surface area (Å²) in [4.78, 5) is 36.7. The third kappa shape index (κ3) is 6.07. The van der Waals surface area contributed by atoms with E-state index < -0.39 is 30.1 Å². The van der Waals surface area contributed by atoms with Gasteiger partial charge in [-0.1, -0.05) is 61.9 Å². The number of rotatable bonds is 11. The quantitative estimate of drug-likeness (QED) is 0.458. The van der Waals surface area contributed by atoms with Crippen LogP contribution in [0.1, 0.15) is 43.2 Å². The second kappa shape index (κ2) is 11.7. The fourth-order valence-electron chi connectivity index (χ4n) is 4.11. The standard InChI is InChI=1S/C25H30N2O5S/c1-3-8-21(23(28)26-22(24(29)30)13-14-33-2)27-25(31)32-15-20-18-11-6-4-9-16(18)17-10-5-7-12-19(17)20/h4-7,9-12,20-22H,3,8,13-15H2,1-2H3,(H,26,28)(H,27,31)(H,29,30)/t21?,22-/m1/s1. The minimum Gasteiger partial charge on any atom is -0.480 e. The molecule has 8 heteroatoms. The van der Waals surface area contributed by atoms with Crippen LogP contribution in [-0.4, -0.2) is 53.8 Å². The molecule has 2 aromatic rings. The van der Waals surface area contributed by atoms with Crippen LogP contribution in [0.4, 0.5) is 4.79 Å². The van der Waals surface area contributed by atoms with E-state index in [-0.39, 0.29) is 12.5 Å². The molecule has 7 nitrogen and oxygen atoms in total. The van der Waals surface area contributed by atoms with Crippen LogP contribution in [0.3, 0.4) is 0 Å². The van der Waals surface area contributed by atoms with Crippen molar-refractivity contribution in [2.24, 2.45) is 0 Å². The smallest absolute Gasteiger partial charge is 0.407 e. The summed E-state index contributed by atoms with van der Waals surface area (Å²) >= 11 is 1.51. The van der Waals surface area contributed by atoms with E-state index in [1.807, 2.05) is 49.6 Å². The molecule has 0 aliphatic heterocycles. The number of carbonyl (C=O) groups is 3. The van der Waals surface area contributed by atoms with Gasteiger partial charge < -0.3 is 20.5 Å². The second-order valence-corrected chi connectivity index (χ2v) is 8.98. The van der Waals surface area contributed by atoms with E-state index in [1.165, 1.54) is 11.8 Å². The van der Waals surface area contributed by atoms with Gasteiger partial charge in [-0.05, 0) is 47.1 Å². The molecule has 0 radical (unpaired) electrons. The summed E-state index contributed by atoms with van der Waals surface area (Å²) in [5, 5.41) is 14.5. The van der Waals surface area contributed by atoms with Crippen molar-refractivity contribution in [2.45, 2.75) is 44.2 Å². The fraction of sp³-hybridized carbons (Fsp3) is 0.400. The topological polar surface area (TPSA) is 105 Å². The maximum atomic E-state index is 12.7. The van der Waals surface area contributed by atoms with Gasteiger partial charge >= 0.3 is 12.1 Å². The summed E-state index contributed by atoms with van der Waals surface area (Å²) in [6, 6.07) is 14.3. The zero-order valence-corrected chi connectivity index (χ0v) is 19.7. The number of benzene rings is 2. The summed E-state index contributed by atoms with van der Waals surface area (Å²) in [6.07, 6.45) is 2.52. The van der Waals surface area contributed by atoms with Crippen molar-refractivity contribution in [1.82, 2.24) is 10.6 Å². The van der Waals surface area contributed by atoms with Gasteiger partial charge in [-0.15, -0.1) is 0 Å². The molecule has 0 bridgehead atoms. The predicted octanol–water partition coefficient (Wildman–Crippen LogP) is 4.02. The Morgan fingerprint density at radius 2 is 1.58 bits per heavy atom. The van der Waals surface area contributed by atoms with Gasteiger partial charge in [0.15, 0.2) is 0 Å². The summed E-state index contributed by atoms with van der Waals surface area (Å²) < 4.78 is 5.53. The summed E-state index contributed by atoms with van der Waals surface area (Å²) in [5.74, 6) is -1.08. The van der Waals surface area contributed by atoms with Crippen LogP contribution in [-0.2, 0) is 14.3 Å². The minimum atomic E-state index is -1.09. The van der Waals surface area contributed by atoms with E-state index in [4.69, 9.17) is 4.74 Å². The van der Waals surface area contributed by atoms with Crippen LogP contribution >= 0.6 is 11.8 Å². The lowest BCUT2D eigenvalue weighted by Crippen LogP contribution is -2.51. The molecule has 0 saturated heterocycles. The Bertz CT molecular complexity index is 951. The van der Waals surface area contributed by atoms with E-state index in [0.29, 0.717) is 25.0 Å². The average Bonchev–Trinajstić information content (AvgIpc) is 3.13. The van der Waals surface area contributed by atoms with E-state index in [2.05, 4.69) is 22.8 Å². The van der Waals surface area contributed by atoms with Crippen molar-refractivity contribution >= 4 is 29.7 Å². The van der Waals surface area contributed by atoms with Crippen LogP contribution in [0.25, 0.3) is 11.1 Å². The predicted molar refractivity (Wildman–Crippen MR) is 129 cm³/mol. The third-order valence-electron chi connectivity index (χ3n) is 5.75. The molecule has 0 heterocycles. The minimum absolute atomic E-state index is 0.0791. The summed E-state index contributed by atoms with van der Waals surface area (Å²) in [6.45, 7) is 2.04. The van der Waals surface area contributed by atoms with Gasteiger partial charge in [0.1, 0.15) is 18.7 Å². The third-order valence-corrected chi connectivity index (χ3v) is 6.40. The highest BCUT2D eigenvalue weighted by atomic mass is 32.2. The molecule has 3 rings (SSSR count). The Morgan fingerprint density at radius 3 is 2.12 bits per heavy atom. The molecule has 176 valence electrons. The van der Waals surface area contributed by atoms with Crippen molar-refractivity contribution in [3.63, 3.8) is 0 Å². The van der Waals surface area contributed by atoms with Crippen LogP contribution in [0.2, 0.25) is 0 Å². The molecular weight excluding hydrogens is 440 g/mol. The Kier molecular flexibility index (Phi) is 8.77. The number of thioether (sulfide) groups is 1. The molecule has 2 atom stereocenters. The number of alkyl carbamates (subject to hydrolysis) is 1. The SMILES string of the molecule is CCCC(NC(=O)OCC1c2ccccc2-c2ccccc21)C(=O)N[C@H](CCSC)C(=O)O. The summed E-state index contributed by atoms with van der Waals surface area (Å²) in [7, 11) is 0. The first-order valence-corrected chi connectivity index (χ1v) is 12.5. The van der Waals surface area contributed by atoms with Gasteiger partial charge in [-0.2, -0.15) is 11.8 Å². The van der Waals surface area contributed by atoms with Crippen LogP contribution in [0, 0.1) is 0 Å². The first-order valence-electron chi connectivity index (χ1n) is 11.1. The highest BCUT2D eigenvalue weighted by molar-refractivity contribution is 7.98. The van der Waals surface area contributed by atoms with Gasteiger partial charge in [-0.25, -0.2) is 9.59 Å². The number of hydrogen-bond acceptors (Lipinski definition) is 5. The summed E-state index contributed by atoms with van der Waals surface area (Å²) in [5.41, 5.74) is 4.48. The fourth-order valence-corrected chi connectivity index (χ4v) is 4.58. The van der Waals surface area contributed by atoms with E-state index >= 15 is 0 Å². The van der Waals surface area contributed by atoms with Gasteiger partial charge in [-0.3, -0.25) is 4.79 Å². The van der Waals surface area contributed by atoms with Gasteiger partial charge in [0.2, 0.25) is 5.91 Å². The van der Waals surface area contributed by atoms with Crippen molar-refractivity contribution < 1.29 is 24.2 Å². The second-order valence-electron chi connectivity index (χ2n) is 7.99. The molecule has 3 N–H and O–H groups in total. The Morgan fingerprint density at radius 1 is 0.970 bits per heavy atom. The van der Waals surface area contributed by atoms with Crippen molar-refractivity contribution in [3.05, 3.63) is 59.7 Å². The van der Waals surface area contributed by atoms with E-state index in [0.717, 1.165) is 22.3 Å². The van der Waals surface area contributed by atoms with Crippen LogP contribution in [0.15, 0.2) is 48.5 Å². The number of carbonyl (C=O) groups excluding carboxylic acids is 2. The molecule has 0 aromatic heterocycles. The van der Waals surface area contributed by atoms with Gasteiger partial charge in [0.05, 0.1) is 0 Å². The highest BCUT2D eigenvalue weighted by Gasteiger charge is 2.30. The maximum Gasteiger partial charge on any atom is 0.407 e. The average molecular weight is 471 g/mol. The molecular formula is C25H30N2O5S. The molecule has 1 unspecified atom stereocenters. The number of carboxylic acids is 1. The number of ether oxygens (including phenoxy) is 1. The molecule has 1 aliphatic rings. The number of hydrogen-bond donors (Lipinski definition) is 3. The van der Waals surface area contributed by atoms with Crippen LogP contribution < -0.4 is 10.6 Å². The highest BCUT2D eigenvalue weighted by Crippen LogP contribution is 2.44. The molecule has 1 aliphatic carbocycles. The number of carboxylic acid groups (broad SMARTS) is 1. The number of nitrogens with one attached hydrogen (secondary N) is 2. The largest absolute Gasteiger partial charge is 0.480 e. The number of amides is 2. The number of fused-ring (bicyclic) bond motifs is 3. The lowest BCUT2D eigenvalue weighted by atomic mass is 9.98. The molecule has 0 fully saturated rings. The normalized spacial score (nSPS) is 14.0. The van der Waals surface area contributed by atoms with E-state index in [9.17, 15) is 19.5 Å². The molecule has 0 saturated carbocycles. The number of aliphatic carboxylic acids is 1. The Balaban J connectivity index is 1.62. The molecule has 33 heavy (non-hydrogen) atoms. The lowest BCUT2D eigenvalue weighted by molar-refractivity contribution is -0.142. The van der Waals surface area contributed by atoms with Crippen molar-refractivity contribution in [3.8, 4) is 11.1 Å². The first kappa shape index (κ1) is 24.6. The molecule has 2 amide bonds. The monoisotopic (exact) mass is 470 g/mol. The molecule has 2 aromatic carbocycles. The van der Waals surface area contributed by atoms with Crippen molar-refractivity contribution in [2.75, 3.05) is 18.6 Å². The van der Waals surface area contributed by atoms with Gasteiger partial charge in [0, 0.05) is 5.92 Å². The lowest BCUT2D eigenvalue weighted by Gasteiger charge is -2.21. The zero-order chi connectivity index (χ0) is 23.8. The molecule has 0 spiro atoms.